The van der Waals surface area contributed by atoms with Crippen LogP contribution < -0.4 is 0 Å². The smallest absolute Gasteiger partial charge is 0.335 e. The summed E-state index contributed by atoms with van der Waals surface area (Å²) in [5.74, 6) is -0.315. The lowest BCUT2D eigenvalue weighted by Gasteiger charge is -2.29. The normalized spacial score (nSPS) is 18.7. The van der Waals surface area contributed by atoms with Crippen LogP contribution in [-0.4, -0.2) is 46.1 Å². The topological polar surface area (TPSA) is 66.3 Å². The van der Waals surface area contributed by atoms with E-state index in [-0.39, 0.29) is 5.56 Å². The lowest BCUT2D eigenvalue weighted by molar-refractivity contribution is 0.0697. The lowest BCUT2D eigenvalue weighted by Crippen LogP contribution is -2.33. The molecule has 0 aliphatic carbocycles. The third kappa shape index (κ3) is 3.93. The number of nitrogens with zero attached hydrogens (tertiary/aromatic N) is 3. The highest BCUT2D eigenvalue weighted by molar-refractivity contribution is 5.89. The third-order valence-corrected chi connectivity index (χ3v) is 4.31. The van der Waals surface area contributed by atoms with Crippen molar-refractivity contribution in [2.24, 2.45) is 5.92 Å². The Bertz CT molecular complexity index is 702. The van der Waals surface area contributed by atoms with Crippen LogP contribution in [0.1, 0.15) is 28.9 Å². The van der Waals surface area contributed by atoms with Gasteiger partial charge in [-0.2, -0.15) is 0 Å². The van der Waals surface area contributed by atoms with Crippen molar-refractivity contribution in [3.63, 3.8) is 0 Å². The van der Waals surface area contributed by atoms with Crippen LogP contribution in [0.2, 0.25) is 0 Å². The number of piperidine rings is 1. The summed E-state index contributed by atoms with van der Waals surface area (Å²) in [7, 11) is 2.16. The molecule has 23 heavy (non-hydrogen) atoms. The van der Waals surface area contributed by atoms with Crippen molar-refractivity contribution in [1.82, 2.24) is 14.9 Å². The summed E-state index contributed by atoms with van der Waals surface area (Å²) < 4.78 is 0. The fourth-order valence-electron chi connectivity index (χ4n) is 3.19. The predicted molar refractivity (Wildman–Crippen MR) is 88.4 cm³/mol. The van der Waals surface area contributed by atoms with Crippen LogP contribution in [0.25, 0.3) is 11.3 Å². The first-order valence-electron chi connectivity index (χ1n) is 7.95. The number of likely N-dealkylation sites (tertiary alicyclic amines) is 1. The molecule has 120 valence electrons. The van der Waals surface area contributed by atoms with Gasteiger partial charge in [0.15, 0.2) is 0 Å². The van der Waals surface area contributed by atoms with Crippen LogP contribution in [0.3, 0.4) is 0 Å². The molecule has 0 spiro atoms. The molecule has 1 atom stereocenters. The Morgan fingerprint density at radius 1 is 1.39 bits per heavy atom. The van der Waals surface area contributed by atoms with Crippen LogP contribution in [0, 0.1) is 5.92 Å². The molecule has 3 rings (SSSR count). The highest BCUT2D eigenvalue weighted by atomic mass is 16.4. The van der Waals surface area contributed by atoms with Gasteiger partial charge in [0.1, 0.15) is 0 Å². The minimum Gasteiger partial charge on any atom is -0.478 e. The number of carboxylic acid groups (broad SMARTS) is 1. The van der Waals surface area contributed by atoms with Gasteiger partial charge in [0, 0.05) is 18.3 Å². The van der Waals surface area contributed by atoms with E-state index in [4.69, 9.17) is 5.11 Å². The van der Waals surface area contributed by atoms with Gasteiger partial charge >= 0.3 is 5.97 Å². The van der Waals surface area contributed by atoms with Crippen LogP contribution in [0.15, 0.2) is 36.7 Å². The maximum absolute atomic E-state index is 11.1. The van der Waals surface area contributed by atoms with Crippen LogP contribution >= 0.6 is 0 Å². The highest BCUT2D eigenvalue weighted by Crippen LogP contribution is 2.21. The summed E-state index contributed by atoms with van der Waals surface area (Å²) in [5, 5.41) is 9.11. The van der Waals surface area contributed by atoms with Gasteiger partial charge in [-0.25, -0.2) is 9.78 Å². The molecule has 1 aromatic carbocycles. The average Bonchev–Trinajstić information content (AvgIpc) is 2.55. The fourth-order valence-corrected chi connectivity index (χ4v) is 3.19. The zero-order valence-corrected chi connectivity index (χ0v) is 13.3. The SMILES string of the molecule is CN1CCC[C@@H](Cc2cncc(-c3cccc(C(=O)O)c3)n2)C1. The molecule has 0 amide bonds. The molecule has 1 aromatic heterocycles. The predicted octanol–water partition coefficient (Wildman–Crippen LogP) is 2.73. The molecule has 5 heteroatoms. The molecule has 1 aliphatic rings. The van der Waals surface area contributed by atoms with Crippen molar-refractivity contribution < 1.29 is 9.90 Å². The van der Waals surface area contributed by atoms with E-state index in [1.165, 1.54) is 19.4 Å². The molecule has 0 radical (unpaired) electrons. The van der Waals surface area contributed by atoms with E-state index in [0.29, 0.717) is 5.92 Å². The Morgan fingerprint density at radius 3 is 3.04 bits per heavy atom. The zero-order valence-electron chi connectivity index (χ0n) is 13.3. The largest absolute Gasteiger partial charge is 0.478 e. The van der Waals surface area contributed by atoms with Gasteiger partial charge in [-0.15, -0.1) is 0 Å². The molecule has 2 heterocycles. The van der Waals surface area contributed by atoms with E-state index >= 15 is 0 Å². The van der Waals surface area contributed by atoms with Crippen LogP contribution in [0.5, 0.6) is 0 Å². The molecule has 5 nitrogen and oxygen atoms in total. The van der Waals surface area contributed by atoms with E-state index in [1.54, 1.807) is 24.4 Å². The quantitative estimate of drug-likeness (QED) is 0.940. The summed E-state index contributed by atoms with van der Waals surface area (Å²) in [5.41, 5.74) is 2.77. The number of aromatic nitrogens is 2. The number of carbonyl (C=O) groups is 1. The van der Waals surface area contributed by atoms with E-state index in [9.17, 15) is 4.79 Å². The Balaban J connectivity index is 1.79. The van der Waals surface area contributed by atoms with Gasteiger partial charge < -0.3 is 10.0 Å². The summed E-state index contributed by atoms with van der Waals surface area (Å²) >= 11 is 0. The summed E-state index contributed by atoms with van der Waals surface area (Å²) in [4.78, 5) is 22.5. The summed E-state index contributed by atoms with van der Waals surface area (Å²) in [6.45, 7) is 2.27. The minimum absolute atomic E-state index is 0.267. The van der Waals surface area contributed by atoms with Gasteiger partial charge in [-0.3, -0.25) is 4.98 Å². The van der Waals surface area contributed by atoms with E-state index in [0.717, 1.165) is 29.9 Å². The first-order valence-corrected chi connectivity index (χ1v) is 7.95. The monoisotopic (exact) mass is 311 g/mol. The van der Waals surface area contributed by atoms with Gasteiger partial charge in [0.2, 0.25) is 0 Å². The molecule has 1 aliphatic heterocycles. The van der Waals surface area contributed by atoms with Crippen molar-refractivity contribution >= 4 is 5.97 Å². The van der Waals surface area contributed by atoms with E-state index < -0.39 is 5.97 Å². The standard InChI is InChI=1S/C18H21N3O2/c1-21-7-3-4-13(12-21)8-16-10-19-11-17(20-16)14-5-2-6-15(9-14)18(22)23/h2,5-6,9-11,13H,3-4,7-8,12H2,1H3,(H,22,23)/t13-/m0/s1. The summed E-state index contributed by atoms with van der Waals surface area (Å²) in [6, 6.07) is 6.84. The summed E-state index contributed by atoms with van der Waals surface area (Å²) in [6.07, 6.45) is 6.89. The molecular weight excluding hydrogens is 290 g/mol. The average molecular weight is 311 g/mol. The molecule has 0 bridgehead atoms. The maximum atomic E-state index is 11.1. The van der Waals surface area contributed by atoms with Crippen molar-refractivity contribution in [1.29, 1.82) is 0 Å². The second-order valence-corrected chi connectivity index (χ2v) is 6.26. The van der Waals surface area contributed by atoms with Crippen molar-refractivity contribution in [2.45, 2.75) is 19.3 Å². The van der Waals surface area contributed by atoms with Gasteiger partial charge in [0.25, 0.3) is 0 Å². The number of benzene rings is 1. The number of rotatable bonds is 4. The Labute approximate surface area is 136 Å². The molecule has 1 N–H and O–H groups in total. The number of aromatic carboxylic acids is 1. The first kappa shape index (κ1) is 15.6. The van der Waals surface area contributed by atoms with Crippen LogP contribution in [0.4, 0.5) is 0 Å². The molecule has 0 saturated carbocycles. The maximum Gasteiger partial charge on any atom is 0.335 e. The van der Waals surface area contributed by atoms with Crippen molar-refractivity contribution in [3.8, 4) is 11.3 Å². The van der Waals surface area contributed by atoms with E-state index in [1.807, 2.05) is 12.3 Å². The number of hydrogen-bond donors (Lipinski definition) is 1. The molecule has 2 aromatic rings. The van der Waals surface area contributed by atoms with E-state index in [2.05, 4.69) is 21.9 Å². The Morgan fingerprint density at radius 2 is 2.26 bits per heavy atom. The lowest BCUT2D eigenvalue weighted by atomic mass is 9.94. The van der Waals surface area contributed by atoms with Crippen LogP contribution in [-0.2, 0) is 6.42 Å². The Hall–Kier alpha value is -2.27. The second kappa shape index (κ2) is 6.87. The minimum atomic E-state index is -0.929. The fraction of sp³-hybridized carbons (Fsp3) is 0.389. The molecule has 1 fully saturated rings. The first-order chi connectivity index (χ1) is 11.1. The van der Waals surface area contributed by atoms with Gasteiger partial charge in [0.05, 0.1) is 23.1 Å². The second-order valence-electron chi connectivity index (χ2n) is 6.26. The number of hydrogen-bond acceptors (Lipinski definition) is 4. The third-order valence-electron chi connectivity index (χ3n) is 4.31. The highest BCUT2D eigenvalue weighted by Gasteiger charge is 2.18. The van der Waals surface area contributed by atoms with Gasteiger partial charge in [-0.05, 0) is 50.9 Å². The van der Waals surface area contributed by atoms with Gasteiger partial charge in [-0.1, -0.05) is 12.1 Å². The molecule has 0 unspecified atom stereocenters. The van der Waals surface area contributed by atoms with Crippen molar-refractivity contribution in [3.05, 3.63) is 47.9 Å². The molecule has 1 saturated heterocycles. The van der Waals surface area contributed by atoms with Crippen molar-refractivity contribution in [2.75, 3.05) is 20.1 Å². The Kier molecular flexibility index (Phi) is 4.67. The number of carboxylic acids is 1. The zero-order chi connectivity index (χ0) is 16.2. The molecular formula is C18H21N3O2.